The molecule has 0 saturated carbocycles. The first-order valence-electron chi connectivity index (χ1n) is 4.76. The van der Waals surface area contributed by atoms with Gasteiger partial charge in [0.15, 0.2) is 0 Å². The average Bonchev–Trinajstić information content (AvgIpc) is 2.74. The zero-order chi connectivity index (χ0) is 10.1. The lowest BCUT2D eigenvalue weighted by Crippen LogP contribution is -2.39. The molecule has 0 radical (unpaired) electrons. The van der Waals surface area contributed by atoms with Gasteiger partial charge in [-0.1, -0.05) is 18.2 Å². The summed E-state index contributed by atoms with van der Waals surface area (Å²) in [5, 5.41) is 0. The van der Waals surface area contributed by atoms with Crippen molar-refractivity contribution in [2.75, 3.05) is 0 Å². The first-order valence-corrected chi connectivity index (χ1v) is 4.76. The topological polar surface area (TPSA) is 31.4 Å². The van der Waals surface area contributed by atoms with Gasteiger partial charge in [0, 0.05) is 17.9 Å². The molecule has 0 unspecified atom stereocenters. The van der Waals surface area contributed by atoms with Gasteiger partial charge in [0.2, 0.25) is 0 Å². The molecule has 0 spiro atoms. The van der Waals surface area contributed by atoms with Crippen LogP contribution in [-0.4, -0.2) is 12.1 Å². The van der Waals surface area contributed by atoms with Crippen LogP contribution in [0.1, 0.15) is 0 Å². The maximum atomic E-state index is 5.63. The highest BCUT2D eigenvalue weighted by Crippen LogP contribution is 2.32. The van der Waals surface area contributed by atoms with Crippen molar-refractivity contribution < 1.29 is 9.31 Å². The van der Waals surface area contributed by atoms with Gasteiger partial charge in [-0.3, -0.25) is 4.98 Å². The molecule has 2 aromatic rings. The van der Waals surface area contributed by atoms with E-state index in [0.29, 0.717) is 0 Å². The first kappa shape index (κ1) is 8.35. The number of aromatic nitrogens is 1. The van der Waals surface area contributed by atoms with E-state index >= 15 is 0 Å². The van der Waals surface area contributed by atoms with Crippen LogP contribution in [0.5, 0.6) is 11.5 Å². The highest BCUT2D eigenvalue weighted by atomic mass is 16.6. The molecule has 1 aromatic heterocycles. The van der Waals surface area contributed by atoms with Crippen LogP contribution >= 0.6 is 0 Å². The summed E-state index contributed by atoms with van der Waals surface area (Å²) < 4.78 is 11.3. The molecule has 1 aliphatic heterocycles. The third kappa shape index (κ3) is 1.44. The van der Waals surface area contributed by atoms with Crippen LogP contribution in [0.3, 0.4) is 0 Å². The van der Waals surface area contributed by atoms with E-state index in [9.17, 15) is 0 Å². The Morgan fingerprint density at radius 1 is 0.933 bits per heavy atom. The van der Waals surface area contributed by atoms with E-state index in [0.717, 1.165) is 17.0 Å². The predicted molar refractivity (Wildman–Crippen MR) is 57.3 cm³/mol. The van der Waals surface area contributed by atoms with Crippen LogP contribution < -0.4 is 14.8 Å². The third-order valence-corrected chi connectivity index (χ3v) is 2.27. The molecular formula is C11H8BNO2. The third-order valence-electron chi connectivity index (χ3n) is 2.27. The highest BCUT2D eigenvalue weighted by Gasteiger charge is 2.33. The number of benzene rings is 1. The second kappa shape index (κ2) is 3.31. The lowest BCUT2D eigenvalue weighted by atomic mass is 9.81. The normalized spacial score (nSPS) is 12.9. The number of pyridine rings is 1. The Bertz CT molecular complexity index is 450. The van der Waals surface area contributed by atoms with Crippen LogP contribution in [0, 0.1) is 0 Å². The SMILES string of the molecule is c1cncc(B2Oc3ccccc3O2)c1. The van der Waals surface area contributed by atoms with Crippen molar-refractivity contribution >= 4 is 12.6 Å². The fourth-order valence-electron chi connectivity index (χ4n) is 1.55. The molecule has 2 heterocycles. The first-order chi connectivity index (χ1) is 7.43. The van der Waals surface area contributed by atoms with E-state index in [1.165, 1.54) is 0 Å². The standard InChI is InChI=1S/C11H8BNO2/c1-2-6-11-10(5-1)14-12(15-11)9-4-3-7-13-8-9/h1-8H. The number of hydrogen-bond donors (Lipinski definition) is 0. The number of rotatable bonds is 1. The minimum Gasteiger partial charge on any atom is -0.519 e. The van der Waals surface area contributed by atoms with Crippen LogP contribution in [-0.2, 0) is 0 Å². The summed E-state index contributed by atoms with van der Waals surface area (Å²) in [6.45, 7) is 0. The van der Waals surface area contributed by atoms with Crippen LogP contribution in [0.15, 0.2) is 48.8 Å². The average molecular weight is 197 g/mol. The molecule has 3 rings (SSSR count). The van der Waals surface area contributed by atoms with Crippen molar-refractivity contribution in [2.24, 2.45) is 0 Å². The number of fused-ring (bicyclic) bond motifs is 1. The summed E-state index contributed by atoms with van der Waals surface area (Å²) in [4.78, 5) is 4.03. The van der Waals surface area contributed by atoms with Crippen molar-refractivity contribution in [3.8, 4) is 11.5 Å². The van der Waals surface area contributed by atoms with E-state index < -0.39 is 0 Å². The molecule has 15 heavy (non-hydrogen) atoms. The van der Waals surface area contributed by atoms with E-state index in [-0.39, 0.29) is 7.12 Å². The van der Waals surface area contributed by atoms with Crippen molar-refractivity contribution in [2.45, 2.75) is 0 Å². The molecule has 1 aliphatic rings. The maximum Gasteiger partial charge on any atom is 0.634 e. The van der Waals surface area contributed by atoms with E-state index in [1.807, 2.05) is 36.4 Å². The van der Waals surface area contributed by atoms with Crippen molar-refractivity contribution in [3.63, 3.8) is 0 Å². The Morgan fingerprint density at radius 2 is 1.67 bits per heavy atom. The van der Waals surface area contributed by atoms with Crippen LogP contribution in [0.4, 0.5) is 0 Å². The Kier molecular flexibility index (Phi) is 1.84. The molecular weight excluding hydrogens is 189 g/mol. The fourth-order valence-corrected chi connectivity index (χ4v) is 1.55. The minimum absolute atomic E-state index is 0.365. The zero-order valence-corrected chi connectivity index (χ0v) is 7.96. The number of nitrogens with zero attached hydrogens (tertiary/aromatic N) is 1. The number of hydrogen-bond acceptors (Lipinski definition) is 3. The Balaban J connectivity index is 1.91. The smallest absolute Gasteiger partial charge is 0.519 e. The quantitative estimate of drug-likeness (QED) is 0.644. The van der Waals surface area contributed by atoms with Gasteiger partial charge in [-0.2, -0.15) is 0 Å². The summed E-state index contributed by atoms with van der Waals surface area (Å²) in [6, 6.07) is 11.4. The molecule has 0 aliphatic carbocycles. The molecule has 0 amide bonds. The molecule has 0 bridgehead atoms. The molecule has 0 atom stereocenters. The molecule has 72 valence electrons. The van der Waals surface area contributed by atoms with Crippen molar-refractivity contribution in [1.82, 2.24) is 4.98 Å². The zero-order valence-electron chi connectivity index (χ0n) is 7.96. The largest absolute Gasteiger partial charge is 0.634 e. The summed E-state index contributed by atoms with van der Waals surface area (Å²) >= 11 is 0. The minimum atomic E-state index is -0.365. The fraction of sp³-hybridized carbons (Fsp3) is 0. The number of para-hydroxylation sites is 2. The Hall–Kier alpha value is -1.97. The predicted octanol–water partition coefficient (Wildman–Crippen LogP) is 1.25. The summed E-state index contributed by atoms with van der Waals surface area (Å²) in [5.74, 6) is 1.57. The molecule has 4 heteroatoms. The second-order valence-corrected chi connectivity index (χ2v) is 3.30. The molecule has 3 nitrogen and oxygen atoms in total. The van der Waals surface area contributed by atoms with Gasteiger partial charge in [0.1, 0.15) is 11.5 Å². The molecule has 1 aromatic carbocycles. The summed E-state index contributed by atoms with van der Waals surface area (Å²) in [5.41, 5.74) is 0.925. The van der Waals surface area contributed by atoms with E-state index in [2.05, 4.69) is 4.98 Å². The Morgan fingerprint density at radius 3 is 2.27 bits per heavy atom. The van der Waals surface area contributed by atoms with Crippen molar-refractivity contribution in [1.29, 1.82) is 0 Å². The highest BCUT2D eigenvalue weighted by molar-refractivity contribution is 6.63. The van der Waals surface area contributed by atoms with E-state index in [1.54, 1.807) is 12.4 Å². The molecule has 0 saturated heterocycles. The van der Waals surface area contributed by atoms with Gasteiger partial charge < -0.3 is 9.31 Å². The van der Waals surface area contributed by atoms with Crippen LogP contribution in [0.25, 0.3) is 0 Å². The van der Waals surface area contributed by atoms with Crippen LogP contribution in [0.2, 0.25) is 0 Å². The van der Waals surface area contributed by atoms with Crippen molar-refractivity contribution in [3.05, 3.63) is 48.8 Å². The van der Waals surface area contributed by atoms with Gasteiger partial charge in [0.25, 0.3) is 0 Å². The second-order valence-electron chi connectivity index (χ2n) is 3.30. The monoisotopic (exact) mass is 197 g/mol. The van der Waals surface area contributed by atoms with Gasteiger partial charge in [-0.25, -0.2) is 0 Å². The molecule has 0 N–H and O–H groups in total. The maximum absolute atomic E-state index is 5.63. The van der Waals surface area contributed by atoms with E-state index in [4.69, 9.17) is 9.31 Å². The van der Waals surface area contributed by atoms with Gasteiger partial charge in [-0.05, 0) is 18.2 Å². The lowest BCUT2D eigenvalue weighted by Gasteiger charge is -2.02. The Labute approximate surface area is 87.8 Å². The van der Waals surface area contributed by atoms with Gasteiger partial charge >= 0.3 is 7.12 Å². The lowest BCUT2D eigenvalue weighted by molar-refractivity contribution is 0.518. The summed E-state index contributed by atoms with van der Waals surface area (Å²) in [7, 11) is -0.365. The molecule has 0 fully saturated rings. The van der Waals surface area contributed by atoms with Gasteiger partial charge in [0.05, 0.1) is 0 Å². The summed E-state index contributed by atoms with van der Waals surface area (Å²) in [6.07, 6.45) is 3.47. The van der Waals surface area contributed by atoms with Gasteiger partial charge in [-0.15, -0.1) is 0 Å².